The number of hydrogen-bond acceptors (Lipinski definition) is 12. The van der Waals surface area contributed by atoms with Gasteiger partial charge in [-0.15, -0.1) is 0 Å². The molecule has 0 spiro atoms. The summed E-state index contributed by atoms with van der Waals surface area (Å²) < 4.78 is 20.5. The van der Waals surface area contributed by atoms with Crippen molar-refractivity contribution in [3.8, 4) is 0 Å². The van der Waals surface area contributed by atoms with Crippen molar-refractivity contribution >= 4 is 11.9 Å². The third-order valence-corrected chi connectivity index (χ3v) is 4.95. The molecule has 2 rings (SSSR count). The van der Waals surface area contributed by atoms with Crippen LogP contribution >= 0.6 is 0 Å². The highest BCUT2D eigenvalue weighted by Gasteiger charge is 2.58. The van der Waals surface area contributed by atoms with Gasteiger partial charge in [0.1, 0.15) is 36.6 Å². The Morgan fingerprint density at radius 3 is 2.31 bits per heavy atom. The van der Waals surface area contributed by atoms with E-state index in [-0.39, 0.29) is 0 Å². The van der Waals surface area contributed by atoms with E-state index in [4.69, 9.17) is 18.9 Å². The van der Waals surface area contributed by atoms with E-state index in [0.29, 0.717) is 0 Å². The van der Waals surface area contributed by atoms with Gasteiger partial charge >= 0.3 is 5.97 Å². The van der Waals surface area contributed by atoms with Crippen LogP contribution in [0.2, 0.25) is 0 Å². The minimum absolute atomic E-state index is 0.544. The first-order valence-corrected chi connectivity index (χ1v) is 8.86. The molecule has 13 heteroatoms. The van der Waals surface area contributed by atoms with Crippen molar-refractivity contribution in [2.45, 2.75) is 74.7 Å². The predicted octanol–water partition coefficient (Wildman–Crippen LogP) is -5.45. The molecule has 13 nitrogen and oxygen atoms in total. The second kappa shape index (κ2) is 9.16. The summed E-state index contributed by atoms with van der Waals surface area (Å²) in [5, 5.41) is 64.8. The van der Waals surface area contributed by atoms with Gasteiger partial charge in [-0.3, -0.25) is 4.79 Å². The van der Waals surface area contributed by atoms with Crippen LogP contribution in [-0.4, -0.2) is 112 Å². The van der Waals surface area contributed by atoms with Gasteiger partial charge < -0.3 is 59.7 Å². The first kappa shape index (κ1) is 23.9. The quantitative estimate of drug-likeness (QED) is 0.221. The molecule has 0 radical (unpaired) electrons. The summed E-state index contributed by atoms with van der Waals surface area (Å²) in [4.78, 5) is 22.9. The van der Waals surface area contributed by atoms with Crippen molar-refractivity contribution in [3.05, 3.63) is 0 Å². The average Bonchev–Trinajstić information content (AvgIpc) is 2.64. The Hall–Kier alpha value is -1.42. The summed E-state index contributed by atoms with van der Waals surface area (Å²) in [7, 11) is 1.05. The second-order valence-electron chi connectivity index (χ2n) is 6.99. The van der Waals surface area contributed by atoms with Gasteiger partial charge in [0.25, 0.3) is 0 Å². The van der Waals surface area contributed by atoms with Gasteiger partial charge in [-0.1, -0.05) is 0 Å². The van der Waals surface area contributed by atoms with Crippen LogP contribution in [0.15, 0.2) is 0 Å². The van der Waals surface area contributed by atoms with E-state index < -0.39 is 79.3 Å². The Morgan fingerprint density at radius 1 is 1.21 bits per heavy atom. The number of rotatable bonds is 6. The molecule has 2 aliphatic rings. The molecule has 0 aromatic rings. The second-order valence-corrected chi connectivity index (χ2v) is 6.99. The maximum absolute atomic E-state index is 11.5. The monoisotopic (exact) mass is 424 g/mol. The van der Waals surface area contributed by atoms with Gasteiger partial charge in [-0.2, -0.15) is 0 Å². The highest BCUT2D eigenvalue weighted by molar-refractivity contribution is 5.73. The van der Waals surface area contributed by atoms with Gasteiger partial charge in [-0.25, -0.2) is 0 Å². The molecule has 0 aromatic heterocycles. The zero-order valence-electron chi connectivity index (χ0n) is 16.0. The number of carboxylic acids is 1. The van der Waals surface area contributed by atoms with Crippen LogP contribution in [0.1, 0.15) is 13.8 Å². The lowest BCUT2D eigenvalue weighted by atomic mass is 9.92. The lowest BCUT2D eigenvalue weighted by Crippen LogP contribution is -2.72. The smallest absolute Gasteiger partial charge is 0.311 e. The molecule has 168 valence electrons. The van der Waals surface area contributed by atoms with E-state index in [1.165, 1.54) is 13.8 Å². The van der Waals surface area contributed by atoms with Crippen molar-refractivity contribution in [1.82, 2.24) is 5.32 Å². The van der Waals surface area contributed by atoms with E-state index in [1.807, 2.05) is 0 Å². The molecule has 0 bridgehead atoms. The molecule has 1 amide bonds. The van der Waals surface area contributed by atoms with Crippen LogP contribution in [0.5, 0.6) is 0 Å². The van der Waals surface area contributed by atoms with E-state index in [2.05, 4.69) is 5.32 Å². The van der Waals surface area contributed by atoms with E-state index in [0.717, 1.165) is 7.11 Å². The summed E-state index contributed by atoms with van der Waals surface area (Å²) in [6.45, 7) is 2.03. The Morgan fingerprint density at radius 2 is 1.83 bits per heavy atom. The topological polar surface area (TPSA) is 207 Å². The minimum atomic E-state index is -3.13. The summed E-state index contributed by atoms with van der Waals surface area (Å²) in [6.07, 6.45) is -13.0. The third kappa shape index (κ3) is 4.68. The summed E-state index contributed by atoms with van der Waals surface area (Å²) >= 11 is 0. The van der Waals surface area contributed by atoms with Crippen molar-refractivity contribution < 1.29 is 59.2 Å². The number of carbonyl (C=O) groups excluding carboxylic acids is 2. The maximum atomic E-state index is 11.5. The van der Waals surface area contributed by atoms with E-state index in [9.17, 15) is 40.2 Å². The average molecular weight is 424 g/mol. The molecule has 0 aromatic carbocycles. The molecule has 2 aliphatic heterocycles. The molecule has 2 saturated heterocycles. The number of hydrogen-bond donors (Lipinski definition) is 6. The fraction of sp³-hybridized carbons (Fsp3) is 0.875. The Labute approximate surface area is 165 Å². The highest BCUT2D eigenvalue weighted by atomic mass is 16.8. The molecule has 0 aliphatic carbocycles. The van der Waals surface area contributed by atoms with Crippen LogP contribution in [0.25, 0.3) is 0 Å². The van der Waals surface area contributed by atoms with Crippen LogP contribution < -0.4 is 10.4 Å². The molecular weight excluding hydrogens is 398 g/mol. The fourth-order valence-corrected chi connectivity index (χ4v) is 3.49. The van der Waals surface area contributed by atoms with Crippen molar-refractivity contribution in [2.24, 2.45) is 0 Å². The first-order chi connectivity index (χ1) is 13.5. The van der Waals surface area contributed by atoms with Gasteiger partial charge in [0.15, 0.2) is 6.10 Å². The number of nitrogens with one attached hydrogen (secondary N) is 1. The highest BCUT2D eigenvalue weighted by Crippen LogP contribution is 2.34. The van der Waals surface area contributed by atoms with Crippen LogP contribution in [0, 0.1) is 0 Å². The van der Waals surface area contributed by atoms with Crippen molar-refractivity contribution in [1.29, 1.82) is 0 Å². The zero-order chi connectivity index (χ0) is 22.1. The van der Waals surface area contributed by atoms with Gasteiger partial charge in [0, 0.05) is 14.0 Å². The number of aliphatic carboxylic acids is 1. The molecular formula is C16H26NO12-. The Balaban J connectivity index is 2.36. The lowest BCUT2D eigenvalue weighted by Gasteiger charge is -2.50. The van der Waals surface area contributed by atoms with Crippen molar-refractivity contribution in [2.75, 3.05) is 13.7 Å². The number of carbonyl (C=O) groups is 2. The Kier molecular flexibility index (Phi) is 7.53. The minimum Gasteiger partial charge on any atom is -0.547 e. The molecule has 29 heavy (non-hydrogen) atoms. The summed E-state index contributed by atoms with van der Waals surface area (Å²) in [5.74, 6) is -5.53. The van der Waals surface area contributed by atoms with Crippen LogP contribution in [-0.2, 0) is 28.5 Å². The van der Waals surface area contributed by atoms with E-state index in [1.54, 1.807) is 0 Å². The standard InChI is InChI=1S/C16H27NO12/c1-5-8(17-6(2)19)11(9(20)7(4-18)27-5)28-16(25)14(22)10(21)12(26-3)13(29-16)15(23)24/h5,7-14,18,20-22,25H,4H2,1-3H3,(H,17,19)(H,23,24)/p-1/t5-,7?,8?,9+,10-,11+,12-,13?,14?,16-/m0/s1. The van der Waals surface area contributed by atoms with Crippen LogP contribution in [0.3, 0.4) is 0 Å². The Bertz CT molecular complexity index is 604. The molecule has 2 fully saturated rings. The zero-order valence-corrected chi connectivity index (χ0v) is 16.0. The predicted molar refractivity (Wildman–Crippen MR) is 87.5 cm³/mol. The molecule has 4 unspecified atom stereocenters. The van der Waals surface area contributed by atoms with Crippen LogP contribution in [0.4, 0.5) is 0 Å². The fourth-order valence-electron chi connectivity index (χ4n) is 3.49. The van der Waals surface area contributed by atoms with Gasteiger partial charge in [0.2, 0.25) is 5.91 Å². The summed E-state index contributed by atoms with van der Waals surface area (Å²) in [6, 6.07) is -1.09. The summed E-state index contributed by atoms with van der Waals surface area (Å²) in [5.41, 5.74) is 0. The molecule has 0 saturated carbocycles. The molecule has 6 N–H and O–H groups in total. The molecule has 10 atom stereocenters. The third-order valence-electron chi connectivity index (χ3n) is 4.95. The normalized spacial score (nSPS) is 45.6. The number of aliphatic hydroxyl groups excluding tert-OH is 4. The lowest BCUT2D eigenvalue weighted by molar-refractivity contribution is -0.469. The maximum Gasteiger partial charge on any atom is 0.311 e. The first-order valence-electron chi connectivity index (χ1n) is 8.86. The largest absolute Gasteiger partial charge is 0.547 e. The molecule has 2 heterocycles. The van der Waals surface area contributed by atoms with Crippen molar-refractivity contribution in [3.63, 3.8) is 0 Å². The number of amides is 1. The number of carboxylic acid groups (broad SMARTS) is 1. The number of methoxy groups -OCH3 is 1. The SMILES string of the molecule is CO[C@@H]1C(C(=O)[O-])O[C@@](O)(O[C@@H]2C(NC(C)=O)[C@H](C)OC(CO)[C@H]2O)C(O)[C@H]1O. The number of ether oxygens (including phenoxy) is 4. The van der Waals surface area contributed by atoms with Gasteiger partial charge in [0.05, 0.1) is 24.7 Å². The number of aliphatic hydroxyl groups is 5. The van der Waals surface area contributed by atoms with E-state index >= 15 is 0 Å². The van der Waals surface area contributed by atoms with Gasteiger partial charge in [-0.05, 0) is 6.92 Å².